The number of hydrogen-bond donors (Lipinski definition) is 2. The summed E-state index contributed by atoms with van der Waals surface area (Å²) in [6.45, 7) is 6.19. The van der Waals surface area contributed by atoms with Crippen molar-refractivity contribution in [2.45, 2.75) is 26.8 Å². The molecule has 3 rings (SSSR count). The van der Waals surface area contributed by atoms with E-state index in [1.165, 1.54) is 11.3 Å². The lowest BCUT2D eigenvalue weighted by molar-refractivity contribution is -0.115. The van der Waals surface area contributed by atoms with Crippen LogP contribution in [-0.2, 0) is 9.53 Å². The number of carbonyl (C=O) groups is 2. The Balaban J connectivity index is 1.75. The zero-order valence-electron chi connectivity index (χ0n) is 17.4. The molecule has 0 aliphatic heterocycles. The number of esters is 1. The van der Waals surface area contributed by atoms with Crippen LogP contribution in [0.25, 0.3) is 11.1 Å². The van der Waals surface area contributed by atoms with E-state index in [1.54, 1.807) is 6.92 Å². The van der Waals surface area contributed by atoms with Gasteiger partial charge >= 0.3 is 5.97 Å². The number of benzene rings is 2. The predicted octanol–water partition coefficient (Wildman–Crippen LogP) is 5.19. The Morgan fingerprint density at radius 3 is 2.43 bits per heavy atom. The molecule has 3 aromatic rings. The number of ether oxygens (including phenoxy) is 1. The van der Waals surface area contributed by atoms with Gasteiger partial charge in [-0.1, -0.05) is 60.2 Å². The third-order valence-electron chi connectivity index (χ3n) is 4.75. The molecule has 0 saturated heterocycles. The first kappa shape index (κ1) is 21.7. The van der Waals surface area contributed by atoms with Crippen molar-refractivity contribution in [3.8, 4) is 11.1 Å². The molecule has 2 N–H and O–H groups in total. The summed E-state index contributed by atoms with van der Waals surface area (Å²) in [5.41, 5.74) is 4.32. The Kier molecular flexibility index (Phi) is 7.38. The molecular weight excluding hydrogens is 396 g/mol. The van der Waals surface area contributed by atoms with Crippen molar-refractivity contribution < 1.29 is 14.3 Å². The van der Waals surface area contributed by atoms with Crippen molar-refractivity contribution >= 4 is 28.2 Å². The van der Waals surface area contributed by atoms with Crippen LogP contribution in [0.4, 0.5) is 5.00 Å². The van der Waals surface area contributed by atoms with E-state index in [1.807, 2.05) is 73.8 Å². The monoisotopic (exact) mass is 422 g/mol. The van der Waals surface area contributed by atoms with E-state index in [0.717, 1.165) is 22.3 Å². The van der Waals surface area contributed by atoms with Crippen LogP contribution in [0.1, 0.15) is 41.4 Å². The van der Waals surface area contributed by atoms with Crippen LogP contribution < -0.4 is 10.6 Å². The second-order valence-electron chi connectivity index (χ2n) is 7.00. The van der Waals surface area contributed by atoms with Gasteiger partial charge in [0, 0.05) is 17.0 Å². The fraction of sp³-hybridized carbons (Fsp3) is 0.250. The van der Waals surface area contributed by atoms with Gasteiger partial charge in [-0.3, -0.25) is 4.79 Å². The first-order valence-electron chi connectivity index (χ1n) is 9.93. The maximum Gasteiger partial charge on any atom is 0.341 e. The van der Waals surface area contributed by atoms with Crippen LogP contribution in [0.2, 0.25) is 0 Å². The van der Waals surface area contributed by atoms with E-state index in [-0.39, 0.29) is 25.1 Å². The van der Waals surface area contributed by atoms with Crippen molar-refractivity contribution in [2.75, 3.05) is 18.5 Å². The molecule has 30 heavy (non-hydrogen) atoms. The minimum absolute atomic E-state index is 0.0351. The van der Waals surface area contributed by atoms with Gasteiger partial charge in [0.15, 0.2) is 0 Å². The molecule has 0 spiro atoms. The Hall–Kier alpha value is -2.96. The van der Waals surface area contributed by atoms with Gasteiger partial charge in [-0.25, -0.2) is 4.79 Å². The number of amides is 1. The molecule has 1 atom stereocenters. The third-order valence-corrected chi connectivity index (χ3v) is 5.65. The largest absolute Gasteiger partial charge is 0.462 e. The van der Waals surface area contributed by atoms with Crippen molar-refractivity contribution in [3.63, 3.8) is 0 Å². The van der Waals surface area contributed by atoms with Gasteiger partial charge in [0.05, 0.1) is 13.2 Å². The zero-order chi connectivity index (χ0) is 21.5. The number of carbonyl (C=O) groups excluding carboxylic acids is 2. The summed E-state index contributed by atoms with van der Waals surface area (Å²) in [6, 6.07) is 17.9. The summed E-state index contributed by atoms with van der Waals surface area (Å²) in [7, 11) is 0. The van der Waals surface area contributed by atoms with Gasteiger partial charge in [-0.2, -0.15) is 0 Å². The fourth-order valence-electron chi connectivity index (χ4n) is 3.08. The first-order valence-corrected chi connectivity index (χ1v) is 10.8. The molecule has 0 unspecified atom stereocenters. The molecule has 6 heteroatoms. The Bertz CT molecular complexity index is 997. The molecule has 0 saturated carbocycles. The van der Waals surface area contributed by atoms with Crippen molar-refractivity contribution in [1.82, 2.24) is 5.32 Å². The molecule has 1 aromatic heterocycles. The molecular formula is C24H26N2O3S. The fourth-order valence-corrected chi connectivity index (χ4v) is 4.05. The van der Waals surface area contributed by atoms with E-state index in [9.17, 15) is 9.59 Å². The molecule has 2 aromatic carbocycles. The van der Waals surface area contributed by atoms with Gasteiger partial charge < -0.3 is 15.4 Å². The van der Waals surface area contributed by atoms with Crippen LogP contribution in [0.3, 0.4) is 0 Å². The first-order chi connectivity index (χ1) is 14.5. The van der Waals surface area contributed by atoms with E-state index in [2.05, 4.69) is 10.6 Å². The molecule has 1 heterocycles. The number of rotatable bonds is 8. The standard InChI is InChI=1S/C24H26N2O3S/c1-4-29-24(28)22-20(19-12-10-16(2)11-13-19)15-30-23(22)26-21(27)14-25-17(3)18-8-6-5-7-9-18/h5-13,15,17,25H,4,14H2,1-3H3,(H,26,27)/t17-/m0/s1. The average Bonchev–Trinajstić information content (AvgIpc) is 3.17. The maximum absolute atomic E-state index is 12.6. The molecule has 0 aliphatic rings. The van der Waals surface area contributed by atoms with Crippen molar-refractivity contribution in [1.29, 1.82) is 0 Å². The van der Waals surface area contributed by atoms with E-state index in [0.29, 0.717) is 10.6 Å². The number of hydrogen-bond acceptors (Lipinski definition) is 5. The van der Waals surface area contributed by atoms with Crippen LogP contribution in [0, 0.1) is 6.92 Å². The normalized spacial score (nSPS) is 11.7. The second-order valence-corrected chi connectivity index (χ2v) is 7.88. The Morgan fingerprint density at radius 1 is 1.07 bits per heavy atom. The predicted molar refractivity (Wildman–Crippen MR) is 122 cm³/mol. The Labute approximate surface area is 181 Å². The summed E-state index contributed by atoms with van der Waals surface area (Å²) in [5, 5.41) is 8.47. The van der Waals surface area contributed by atoms with Crippen molar-refractivity contribution in [3.05, 3.63) is 76.7 Å². The SMILES string of the molecule is CCOC(=O)c1c(-c2ccc(C)cc2)csc1NC(=O)CN[C@@H](C)c1ccccc1. The Morgan fingerprint density at radius 2 is 1.77 bits per heavy atom. The molecule has 0 fully saturated rings. The lowest BCUT2D eigenvalue weighted by atomic mass is 10.0. The van der Waals surface area contributed by atoms with E-state index < -0.39 is 5.97 Å². The molecule has 156 valence electrons. The molecule has 0 radical (unpaired) electrons. The van der Waals surface area contributed by atoms with E-state index in [4.69, 9.17) is 4.74 Å². The number of nitrogens with one attached hydrogen (secondary N) is 2. The minimum atomic E-state index is -0.435. The summed E-state index contributed by atoms with van der Waals surface area (Å²) < 4.78 is 5.25. The van der Waals surface area contributed by atoms with Crippen LogP contribution in [0.15, 0.2) is 60.0 Å². The highest BCUT2D eigenvalue weighted by Gasteiger charge is 2.23. The highest BCUT2D eigenvalue weighted by molar-refractivity contribution is 7.15. The third kappa shape index (κ3) is 5.34. The van der Waals surface area contributed by atoms with Gasteiger partial charge in [0.2, 0.25) is 5.91 Å². The topological polar surface area (TPSA) is 67.4 Å². The highest BCUT2D eigenvalue weighted by Crippen LogP contribution is 2.36. The van der Waals surface area contributed by atoms with Gasteiger partial charge in [0.1, 0.15) is 10.6 Å². The maximum atomic E-state index is 12.6. The number of anilines is 1. The molecule has 0 bridgehead atoms. The number of aryl methyl sites for hydroxylation is 1. The summed E-state index contributed by atoms with van der Waals surface area (Å²) in [6.07, 6.45) is 0. The highest BCUT2D eigenvalue weighted by atomic mass is 32.1. The lowest BCUT2D eigenvalue weighted by Gasteiger charge is -2.14. The van der Waals surface area contributed by atoms with Gasteiger partial charge in [-0.15, -0.1) is 11.3 Å². The molecule has 5 nitrogen and oxygen atoms in total. The number of thiophene rings is 1. The van der Waals surface area contributed by atoms with Crippen molar-refractivity contribution in [2.24, 2.45) is 0 Å². The average molecular weight is 423 g/mol. The molecule has 0 aliphatic carbocycles. The van der Waals surface area contributed by atoms with Crippen LogP contribution in [-0.4, -0.2) is 25.0 Å². The van der Waals surface area contributed by atoms with Crippen LogP contribution >= 0.6 is 11.3 Å². The summed E-state index contributed by atoms with van der Waals surface area (Å²) in [5.74, 6) is -0.643. The quantitative estimate of drug-likeness (QED) is 0.490. The summed E-state index contributed by atoms with van der Waals surface area (Å²) in [4.78, 5) is 25.2. The summed E-state index contributed by atoms with van der Waals surface area (Å²) >= 11 is 1.33. The van der Waals surface area contributed by atoms with Crippen LogP contribution in [0.5, 0.6) is 0 Å². The van der Waals surface area contributed by atoms with Gasteiger partial charge in [0.25, 0.3) is 0 Å². The van der Waals surface area contributed by atoms with E-state index >= 15 is 0 Å². The zero-order valence-corrected chi connectivity index (χ0v) is 18.2. The smallest absolute Gasteiger partial charge is 0.341 e. The minimum Gasteiger partial charge on any atom is -0.462 e. The molecule has 1 amide bonds. The van der Waals surface area contributed by atoms with Gasteiger partial charge in [-0.05, 0) is 31.9 Å². The lowest BCUT2D eigenvalue weighted by Crippen LogP contribution is -2.30. The second kappa shape index (κ2) is 10.2.